The highest BCUT2D eigenvalue weighted by Crippen LogP contribution is 2.32. The van der Waals surface area contributed by atoms with E-state index < -0.39 is 0 Å². The van der Waals surface area contributed by atoms with Crippen LogP contribution in [0.25, 0.3) is 0 Å². The molecule has 2 N–H and O–H groups in total. The van der Waals surface area contributed by atoms with Gasteiger partial charge in [0, 0.05) is 12.7 Å². The van der Waals surface area contributed by atoms with Crippen LogP contribution >= 0.6 is 11.6 Å². The highest BCUT2D eigenvalue weighted by atomic mass is 35.5. The van der Waals surface area contributed by atoms with E-state index in [9.17, 15) is 4.79 Å². The largest absolute Gasteiger partial charge is 0.323 e. The van der Waals surface area contributed by atoms with Gasteiger partial charge in [0.1, 0.15) is 0 Å². The Morgan fingerprint density at radius 2 is 2.42 bits per heavy atom. The van der Waals surface area contributed by atoms with E-state index in [2.05, 4.69) is 22.5 Å². The van der Waals surface area contributed by atoms with Gasteiger partial charge in [-0.1, -0.05) is 18.5 Å². The number of piperidine rings is 1. The van der Waals surface area contributed by atoms with Gasteiger partial charge >= 0.3 is 0 Å². The van der Waals surface area contributed by atoms with Crippen molar-refractivity contribution in [3.63, 3.8) is 0 Å². The molecule has 1 saturated heterocycles. The molecule has 0 bridgehead atoms. The van der Waals surface area contributed by atoms with Gasteiger partial charge in [0.2, 0.25) is 5.91 Å². The first kappa shape index (κ1) is 14.3. The predicted molar refractivity (Wildman–Crippen MR) is 77.4 cm³/mol. The average molecular weight is 282 g/mol. The molecule has 0 spiro atoms. The van der Waals surface area contributed by atoms with Crippen LogP contribution in [-0.4, -0.2) is 24.0 Å². The zero-order valence-corrected chi connectivity index (χ0v) is 12.2. The fourth-order valence-corrected chi connectivity index (χ4v) is 2.67. The Morgan fingerprint density at radius 3 is 3.05 bits per heavy atom. The molecule has 1 aromatic heterocycles. The van der Waals surface area contributed by atoms with Crippen LogP contribution < -0.4 is 10.6 Å². The fraction of sp³-hybridized carbons (Fsp3) is 0.571. The van der Waals surface area contributed by atoms with Gasteiger partial charge in [-0.05, 0) is 44.4 Å². The summed E-state index contributed by atoms with van der Waals surface area (Å²) in [6.07, 6.45) is 4.46. The van der Waals surface area contributed by atoms with Gasteiger partial charge < -0.3 is 10.6 Å². The van der Waals surface area contributed by atoms with E-state index >= 15 is 0 Å². The topological polar surface area (TPSA) is 54.0 Å². The molecule has 19 heavy (non-hydrogen) atoms. The molecule has 5 heteroatoms. The zero-order valence-electron chi connectivity index (χ0n) is 11.4. The first-order valence-electron chi connectivity index (χ1n) is 6.72. The van der Waals surface area contributed by atoms with Crippen LogP contribution in [0.2, 0.25) is 5.15 Å². The van der Waals surface area contributed by atoms with E-state index in [1.165, 1.54) is 0 Å². The Kier molecular flexibility index (Phi) is 4.42. The van der Waals surface area contributed by atoms with Crippen LogP contribution in [0.1, 0.15) is 31.7 Å². The van der Waals surface area contributed by atoms with Crippen molar-refractivity contribution in [2.75, 3.05) is 18.4 Å². The first-order valence-corrected chi connectivity index (χ1v) is 7.09. The number of pyridine rings is 1. The number of nitrogens with zero attached hydrogens (tertiary/aromatic N) is 1. The molecule has 0 saturated carbocycles. The lowest BCUT2D eigenvalue weighted by atomic mass is 9.77. The minimum atomic E-state index is -0.328. The molecule has 0 aromatic carbocycles. The Hall–Kier alpha value is -1.13. The van der Waals surface area contributed by atoms with Crippen LogP contribution in [0.5, 0.6) is 0 Å². The van der Waals surface area contributed by atoms with Crippen LogP contribution in [0.15, 0.2) is 12.3 Å². The maximum atomic E-state index is 12.5. The summed E-state index contributed by atoms with van der Waals surface area (Å²) in [7, 11) is 0. The number of anilines is 1. The number of halogens is 1. The maximum absolute atomic E-state index is 12.5. The van der Waals surface area contributed by atoms with Gasteiger partial charge in [-0.15, -0.1) is 0 Å². The van der Waals surface area contributed by atoms with Crippen molar-refractivity contribution < 1.29 is 4.79 Å². The quantitative estimate of drug-likeness (QED) is 0.838. The van der Waals surface area contributed by atoms with Crippen molar-refractivity contribution in [3.05, 3.63) is 23.0 Å². The smallest absolute Gasteiger partial charge is 0.231 e. The highest BCUT2D eigenvalue weighted by molar-refractivity contribution is 6.32. The molecule has 2 heterocycles. The first-order chi connectivity index (χ1) is 9.07. The molecule has 0 radical (unpaired) electrons. The van der Waals surface area contributed by atoms with E-state index in [4.69, 9.17) is 11.6 Å². The van der Waals surface area contributed by atoms with Crippen LogP contribution in [0, 0.1) is 12.3 Å². The van der Waals surface area contributed by atoms with E-state index in [1.807, 2.05) is 13.0 Å². The lowest BCUT2D eigenvalue weighted by Gasteiger charge is -2.35. The Balaban J connectivity index is 2.17. The molecular formula is C14H20ClN3O. The zero-order chi connectivity index (χ0) is 13.9. The number of hydrogen-bond acceptors (Lipinski definition) is 3. The molecule has 4 nitrogen and oxygen atoms in total. The van der Waals surface area contributed by atoms with Gasteiger partial charge in [0.25, 0.3) is 0 Å². The summed E-state index contributed by atoms with van der Waals surface area (Å²) in [5.41, 5.74) is 1.25. The molecule has 1 atom stereocenters. The van der Waals surface area contributed by atoms with E-state index in [0.717, 1.165) is 37.9 Å². The van der Waals surface area contributed by atoms with Crippen LogP contribution in [0.4, 0.5) is 5.69 Å². The standard InChI is InChI=1S/C14H20ClN3O/c1-3-14(5-4-6-16-9-14)13(19)18-11-7-10(2)8-17-12(11)15/h7-8,16H,3-6,9H2,1-2H3,(H,18,19). The third kappa shape index (κ3) is 3.07. The number of rotatable bonds is 3. The Labute approximate surface area is 118 Å². The lowest BCUT2D eigenvalue weighted by molar-refractivity contribution is -0.126. The number of nitrogens with one attached hydrogen (secondary N) is 2. The SMILES string of the molecule is CCC1(C(=O)Nc2cc(C)cnc2Cl)CCCNC1. The number of amides is 1. The molecule has 0 aliphatic carbocycles. The van der Waals surface area contributed by atoms with Gasteiger partial charge in [0.15, 0.2) is 5.15 Å². The van der Waals surface area contributed by atoms with E-state index in [-0.39, 0.29) is 11.3 Å². The number of aromatic nitrogens is 1. The number of hydrogen-bond donors (Lipinski definition) is 2. The summed E-state index contributed by atoms with van der Waals surface area (Å²) < 4.78 is 0. The average Bonchev–Trinajstić information content (AvgIpc) is 2.43. The molecule has 1 amide bonds. The molecule has 1 fully saturated rings. The van der Waals surface area contributed by atoms with Gasteiger partial charge in [-0.3, -0.25) is 4.79 Å². The fourth-order valence-electron chi connectivity index (χ4n) is 2.52. The highest BCUT2D eigenvalue weighted by Gasteiger charge is 2.38. The molecular weight excluding hydrogens is 262 g/mol. The normalized spacial score (nSPS) is 23.1. The second-order valence-electron chi connectivity index (χ2n) is 5.22. The second kappa shape index (κ2) is 5.88. The van der Waals surface area contributed by atoms with Crippen molar-refractivity contribution in [1.82, 2.24) is 10.3 Å². The maximum Gasteiger partial charge on any atom is 0.231 e. The predicted octanol–water partition coefficient (Wildman–Crippen LogP) is 2.76. The second-order valence-corrected chi connectivity index (χ2v) is 5.58. The van der Waals surface area contributed by atoms with Gasteiger partial charge in [-0.2, -0.15) is 0 Å². The minimum absolute atomic E-state index is 0.0384. The summed E-state index contributed by atoms with van der Waals surface area (Å²) in [4.78, 5) is 16.6. The van der Waals surface area contributed by atoms with Crippen molar-refractivity contribution in [2.45, 2.75) is 33.1 Å². The van der Waals surface area contributed by atoms with Crippen LogP contribution in [-0.2, 0) is 4.79 Å². The van der Waals surface area contributed by atoms with Crippen molar-refractivity contribution in [2.24, 2.45) is 5.41 Å². The number of carbonyl (C=O) groups is 1. The summed E-state index contributed by atoms with van der Waals surface area (Å²) >= 11 is 6.03. The molecule has 1 unspecified atom stereocenters. The summed E-state index contributed by atoms with van der Waals surface area (Å²) in [6, 6.07) is 1.85. The minimum Gasteiger partial charge on any atom is -0.323 e. The number of carbonyl (C=O) groups excluding carboxylic acids is 1. The van der Waals surface area contributed by atoms with Crippen molar-refractivity contribution in [1.29, 1.82) is 0 Å². The van der Waals surface area contributed by atoms with Crippen molar-refractivity contribution >= 4 is 23.2 Å². The monoisotopic (exact) mass is 281 g/mol. The summed E-state index contributed by atoms with van der Waals surface area (Å²) in [6.45, 7) is 5.70. The van der Waals surface area contributed by atoms with Crippen LogP contribution in [0.3, 0.4) is 0 Å². The molecule has 104 valence electrons. The molecule has 1 aromatic rings. The molecule has 1 aliphatic heterocycles. The third-order valence-corrected chi connectivity index (χ3v) is 4.16. The lowest BCUT2D eigenvalue weighted by Crippen LogP contribution is -2.47. The van der Waals surface area contributed by atoms with Crippen molar-refractivity contribution in [3.8, 4) is 0 Å². The van der Waals surface area contributed by atoms with E-state index in [0.29, 0.717) is 10.8 Å². The van der Waals surface area contributed by atoms with E-state index in [1.54, 1.807) is 6.20 Å². The Morgan fingerprint density at radius 1 is 1.63 bits per heavy atom. The molecule has 1 aliphatic rings. The molecule has 2 rings (SSSR count). The van der Waals surface area contributed by atoms with Gasteiger partial charge in [0.05, 0.1) is 11.1 Å². The summed E-state index contributed by atoms with van der Waals surface area (Å²) in [5.74, 6) is 0.0384. The number of aryl methyl sites for hydroxylation is 1. The third-order valence-electron chi connectivity index (χ3n) is 3.85. The Bertz CT molecular complexity index is 470. The van der Waals surface area contributed by atoms with Gasteiger partial charge in [-0.25, -0.2) is 4.98 Å². The summed E-state index contributed by atoms with van der Waals surface area (Å²) in [5, 5.41) is 6.59.